The molecule has 0 saturated carbocycles. The molecule has 0 bridgehead atoms. The van der Waals surface area contributed by atoms with Gasteiger partial charge in [0.25, 0.3) is 0 Å². The van der Waals surface area contributed by atoms with Crippen molar-refractivity contribution in [3.8, 4) is 0 Å². The van der Waals surface area contributed by atoms with Gasteiger partial charge >= 0.3 is 5.97 Å². The van der Waals surface area contributed by atoms with E-state index in [1.54, 1.807) is 11.8 Å². The lowest BCUT2D eigenvalue weighted by atomic mass is 10.2. The van der Waals surface area contributed by atoms with Crippen molar-refractivity contribution < 1.29 is 9.53 Å². The number of unbranched alkanes of at least 4 members (excludes halogenated alkanes) is 1. The van der Waals surface area contributed by atoms with Crippen LogP contribution in [0.4, 0.5) is 5.69 Å². The van der Waals surface area contributed by atoms with Gasteiger partial charge in [0.15, 0.2) is 0 Å². The number of carbonyl (C=O) groups is 1. The highest BCUT2D eigenvalue weighted by molar-refractivity contribution is 7.99. The van der Waals surface area contributed by atoms with E-state index in [1.807, 2.05) is 31.2 Å². The summed E-state index contributed by atoms with van der Waals surface area (Å²) in [5.74, 6) is 0.880. The van der Waals surface area contributed by atoms with Gasteiger partial charge in [-0.25, -0.2) is 0 Å². The molecule has 0 aliphatic rings. The largest absolute Gasteiger partial charge is 0.466 e. The van der Waals surface area contributed by atoms with Crippen molar-refractivity contribution in [1.82, 2.24) is 0 Å². The maximum Gasteiger partial charge on any atom is 0.305 e. The number of nitrogens with two attached hydrogens (primary N) is 1. The summed E-state index contributed by atoms with van der Waals surface area (Å²) in [6.07, 6.45) is 2.38. The third-order valence-electron chi connectivity index (χ3n) is 2.26. The number of ether oxygens (including phenoxy) is 1. The van der Waals surface area contributed by atoms with Crippen LogP contribution in [0.5, 0.6) is 0 Å². The quantitative estimate of drug-likeness (QED) is 0.351. The summed E-state index contributed by atoms with van der Waals surface area (Å²) < 4.78 is 4.86. The van der Waals surface area contributed by atoms with Crippen LogP contribution in [0.1, 0.15) is 26.2 Å². The van der Waals surface area contributed by atoms with Gasteiger partial charge in [0.05, 0.1) is 6.61 Å². The van der Waals surface area contributed by atoms with Gasteiger partial charge < -0.3 is 10.5 Å². The zero-order valence-electron chi connectivity index (χ0n) is 10.1. The SMILES string of the molecule is CCOC(=O)CCCCSc1ccccc1N. The third-order valence-corrected chi connectivity index (χ3v) is 3.43. The van der Waals surface area contributed by atoms with Gasteiger partial charge in [-0.1, -0.05) is 12.1 Å². The van der Waals surface area contributed by atoms with E-state index < -0.39 is 0 Å². The second kappa shape index (κ2) is 8.01. The Labute approximate surface area is 107 Å². The van der Waals surface area contributed by atoms with Gasteiger partial charge in [-0.3, -0.25) is 4.79 Å². The standard InChI is InChI=1S/C13H19NO2S/c1-2-16-13(15)9-5-6-10-17-12-8-4-3-7-11(12)14/h3-4,7-8H,2,5-6,9-10,14H2,1H3. The van der Waals surface area contributed by atoms with E-state index in [0.29, 0.717) is 13.0 Å². The molecule has 1 rings (SSSR count). The van der Waals surface area contributed by atoms with Gasteiger partial charge in [-0.15, -0.1) is 11.8 Å². The molecule has 94 valence electrons. The van der Waals surface area contributed by atoms with E-state index in [-0.39, 0.29) is 5.97 Å². The molecule has 2 N–H and O–H groups in total. The molecular formula is C13H19NO2S. The summed E-state index contributed by atoms with van der Waals surface area (Å²) in [5, 5.41) is 0. The number of para-hydroxylation sites is 1. The Morgan fingerprint density at radius 2 is 2.12 bits per heavy atom. The molecule has 0 heterocycles. The molecule has 0 unspecified atom stereocenters. The third kappa shape index (κ3) is 5.63. The van der Waals surface area contributed by atoms with E-state index >= 15 is 0 Å². The van der Waals surface area contributed by atoms with Crippen LogP contribution < -0.4 is 5.73 Å². The normalized spacial score (nSPS) is 10.2. The molecule has 0 aliphatic heterocycles. The monoisotopic (exact) mass is 253 g/mol. The molecule has 0 aliphatic carbocycles. The number of esters is 1. The van der Waals surface area contributed by atoms with Crippen molar-refractivity contribution in [1.29, 1.82) is 0 Å². The Hall–Kier alpha value is -1.16. The van der Waals surface area contributed by atoms with Crippen LogP contribution in [-0.2, 0) is 9.53 Å². The predicted octanol–water partition coefficient (Wildman–Crippen LogP) is 3.09. The van der Waals surface area contributed by atoms with Crippen LogP contribution in [0.25, 0.3) is 0 Å². The van der Waals surface area contributed by atoms with Crippen molar-refractivity contribution in [3.63, 3.8) is 0 Å². The van der Waals surface area contributed by atoms with Crippen molar-refractivity contribution >= 4 is 23.4 Å². The summed E-state index contributed by atoms with van der Waals surface area (Å²) >= 11 is 1.73. The minimum atomic E-state index is -0.100. The molecule has 0 radical (unpaired) electrons. The van der Waals surface area contributed by atoms with E-state index in [1.165, 1.54) is 0 Å². The highest BCUT2D eigenvalue weighted by atomic mass is 32.2. The first-order chi connectivity index (χ1) is 8.24. The Balaban J connectivity index is 2.13. The van der Waals surface area contributed by atoms with Crippen LogP contribution in [-0.4, -0.2) is 18.3 Å². The molecule has 1 aromatic carbocycles. The zero-order chi connectivity index (χ0) is 12.5. The maximum absolute atomic E-state index is 11.1. The van der Waals surface area contributed by atoms with Gasteiger partial charge in [0, 0.05) is 17.0 Å². The van der Waals surface area contributed by atoms with E-state index in [9.17, 15) is 4.79 Å². The number of nitrogen functional groups attached to an aromatic ring is 1. The molecule has 0 saturated heterocycles. The number of hydrogen-bond acceptors (Lipinski definition) is 4. The minimum Gasteiger partial charge on any atom is -0.466 e. The van der Waals surface area contributed by atoms with E-state index in [0.717, 1.165) is 29.2 Å². The number of rotatable bonds is 7. The number of benzene rings is 1. The smallest absolute Gasteiger partial charge is 0.305 e. The maximum atomic E-state index is 11.1. The van der Waals surface area contributed by atoms with Gasteiger partial charge in [0.2, 0.25) is 0 Å². The summed E-state index contributed by atoms with van der Waals surface area (Å²) in [5.41, 5.74) is 6.65. The molecule has 0 fully saturated rings. The lowest BCUT2D eigenvalue weighted by molar-refractivity contribution is -0.143. The molecule has 0 aromatic heterocycles. The second-order valence-corrected chi connectivity index (χ2v) is 4.79. The van der Waals surface area contributed by atoms with Crippen molar-refractivity contribution in [2.45, 2.75) is 31.1 Å². The fraction of sp³-hybridized carbons (Fsp3) is 0.462. The highest BCUT2D eigenvalue weighted by Gasteiger charge is 2.02. The number of thioether (sulfide) groups is 1. The van der Waals surface area contributed by atoms with Crippen molar-refractivity contribution in [3.05, 3.63) is 24.3 Å². The molecule has 17 heavy (non-hydrogen) atoms. The molecule has 1 aromatic rings. The summed E-state index contributed by atoms with van der Waals surface area (Å²) in [6.45, 7) is 2.29. The Morgan fingerprint density at radius 1 is 1.35 bits per heavy atom. The van der Waals surface area contributed by atoms with E-state index in [2.05, 4.69) is 0 Å². The molecule has 0 spiro atoms. The Morgan fingerprint density at radius 3 is 2.82 bits per heavy atom. The van der Waals surface area contributed by atoms with Crippen molar-refractivity contribution in [2.75, 3.05) is 18.1 Å². The van der Waals surface area contributed by atoms with Gasteiger partial charge in [0.1, 0.15) is 0 Å². The average Bonchev–Trinajstić information content (AvgIpc) is 2.31. The Bertz CT molecular complexity index is 355. The van der Waals surface area contributed by atoms with Crippen molar-refractivity contribution in [2.24, 2.45) is 0 Å². The van der Waals surface area contributed by atoms with Crippen LogP contribution in [0.2, 0.25) is 0 Å². The number of anilines is 1. The molecular weight excluding hydrogens is 234 g/mol. The zero-order valence-corrected chi connectivity index (χ0v) is 11.0. The van der Waals surface area contributed by atoms with Crippen LogP contribution >= 0.6 is 11.8 Å². The Kier molecular flexibility index (Phi) is 6.55. The molecule has 4 heteroatoms. The predicted molar refractivity (Wildman–Crippen MR) is 72.1 cm³/mol. The number of hydrogen-bond donors (Lipinski definition) is 1. The summed E-state index contributed by atoms with van der Waals surface area (Å²) in [4.78, 5) is 12.2. The fourth-order valence-electron chi connectivity index (χ4n) is 1.40. The number of carbonyl (C=O) groups excluding carboxylic acids is 1. The molecule has 3 nitrogen and oxygen atoms in total. The minimum absolute atomic E-state index is 0.100. The fourth-order valence-corrected chi connectivity index (χ4v) is 2.38. The van der Waals surface area contributed by atoms with E-state index in [4.69, 9.17) is 10.5 Å². The summed E-state index contributed by atoms with van der Waals surface area (Å²) in [7, 11) is 0. The van der Waals surface area contributed by atoms with Crippen LogP contribution in [0.15, 0.2) is 29.2 Å². The summed E-state index contributed by atoms with van der Waals surface area (Å²) in [6, 6.07) is 7.84. The molecule has 0 amide bonds. The highest BCUT2D eigenvalue weighted by Crippen LogP contribution is 2.25. The van der Waals surface area contributed by atoms with Crippen LogP contribution in [0.3, 0.4) is 0 Å². The van der Waals surface area contributed by atoms with Gasteiger partial charge in [-0.05, 0) is 37.7 Å². The molecule has 0 atom stereocenters. The van der Waals surface area contributed by atoms with Gasteiger partial charge in [-0.2, -0.15) is 0 Å². The lowest BCUT2D eigenvalue weighted by Crippen LogP contribution is -2.03. The topological polar surface area (TPSA) is 52.3 Å². The average molecular weight is 253 g/mol. The first-order valence-electron chi connectivity index (χ1n) is 5.87. The lowest BCUT2D eigenvalue weighted by Gasteiger charge is -2.04. The first-order valence-corrected chi connectivity index (χ1v) is 6.85. The first kappa shape index (κ1) is 13.9. The van der Waals surface area contributed by atoms with Crippen LogP contribution in [0, 0.1) is 0 Å². The second-order valence-electron chi connectivity index (χ2n) is 3.65.